The van der Waals surface area contributed by atoms with Gasteiger partial charge >= 0.3 is 0 Å². The van der Waals surface area contributed by atoms with Crippen LogP contribution in [0.2, 0.25) is 0 Å². The summed E-state index contributed by atoms with van der Waals surface area (Å²) >= 11 is 0. The summed E-state index contributed by atoms with van der Waals surface area (Å²) < 4.78 is 0. The van der Waals surface area contributed by atoms with Gasteiger partial charge in [0.2, 0.25) is 0 Å². The second-order valence-electron chi connectivity index (χ2n) is 6.80. The monoisotopic (exact) mass is 198 g/mol. The number of hydrogen-bond donors (Lipinski definition) is 0. The van der Waals surface area contributed by atoms with Crippen LogP contribution in [-0.2, 0) is 0 Å². The number of allylic oxidation sites excluding steroid dienone is 4. The third kappa shape index (κ3) is 0.519. The van der Waals surface area contributed by atoms with Crippen molar-refractivity contribution in [2.45, 2.75) is 33.1 Å². The highest BCUT2D eigenvalue weighted by Crippen LogP contribution is 2.80. The summed E-state index contributed by atoms with van der Waals surface area (Å²) in [5.74, 6) is 5.02. The predicted molar refractivity (Wildman–Crippen MR) is 60.2 cm³/mol. The van der Waals surface area contributed by atoms with Crippen LogP contribution >= 0.6 is 0 Å². The zero-order chi connectivity index (χ0) is 9.95. The first-order valence-electron chi connectivity index (χ1n) is 6.67. The molecular weight excluding hydrogens is 180 g/mol. The molecule has 0 saturated heterocycles. The number of rotatable bonds is 0. The van der Waals surface area contributed by atoms with Crippen LogP contribution in [-0.4, -0.2) is 0 Å². The van der Waals surface area contributed by atoms with Crippen molar-refractivity contribution in [2.75, 3.05) is 0 Å². The van der Waals surface area contributed by atoms with Crippen LogP contribution in [0.1, 0.15) is 33.1 Å². The summed E-state index contributed by atoms with van der Waals surface area (Å²) in [6.07, 6.45) is 7.20. The largest absolute Gasteiger partial charge is 0.0775 e. The minimum Gasteiger partial charge on any atom is -0.0775 e. The molecule has 1 saturated carbocycles. The van der Waals surface area contributed by atoms with E-state index in [0.717, 1.165) is 29.6 Å². The van der Waals surface area contributed by atoms with E-state index in [0.29, 0.717) is 5.41 Å². The Kier molecular flexibility index (Phi) is 0.962. The Morgan fingerprint density at radius 2 is 2.20 bits per heavy atom. The van der Waals surface area contributed by atoms with Crippen molar-refractivity contribution in [1.82, 2.24) is 0 Å². The molecule has 1 spiro atoms. The van der Waals surface area contributed by atoms with Crippen LogP contribution in [0.15, 0.2) is 22.8 Å². The van der Waals surface area contributed by atoms with E-state index in [1.807, 2.05) is 16.7 Å². The molecule has 0 nitrogen and oxygen atoms in total. The van der Waals surface area contributed by atoms with Gasteiger partial charge in [0.05, 0.1) is 0 Å². The van der Waals surface area contributed by atoms with Crippen molar-refractivity contribution >= 4 is 0 Å². The lowest BCUT2D eigenvalue weighted by molar-refractivity contribution is -0.0388. The lowest BCUT2D eigenvalue weighted by Gasteiger charge is -2.59. The van der Waals surface area contributed by atoms with Gasteiger partial charge in [0, 0.05) is 5.41 Å². The van der Waals surface area contributed by atoms with Crippen molar-refractivity contribution in [1.29, 1.82) is 0 Å². The molecule has 5 rings (SSSR count). The normalized spacial score (nSPS) is 62.3. The van der Waals surface area contributed by atoms with E-state index in [-0.39, 0.29) is 0 Å². The second kappa shape index (κ2) is 1.87. The Balaban J connectivity index is 1.87. The molecular formula is C15H18. The lowest BCUT2D eigenvalue weighted by Crippen LogP contribution is -2.52. The maximum atomic E-state index is 2.65. The van der Waals surface area contributed by atoms with Gasteiger partial charge in [-0.15, -0.1) is 0 Å². The van der Waals surface area contributed by atoms with Crippen LogP contribution in [0.3, 0.4) is 0 Å². The summed E-state index contributed by atoms with van der Waals surface area (Å²) in [6.45, 7) is 4.96. The van der Waals surface area contributed by atoms with Gasteiger partial charge in [-0.1, -0.05) is 18.6 Å². The average Bonchev–Trinajstić information content (AvgIpc) is 2.69. The minimum atomic E-state index is 0.705. The molecule has 0 aliphatic heterocycles. The predicted octanol–water partition coefficient (Wildman–Crippen LogP) is 3.55. The molecule has 0 aromatic rings. The highest BCUT2D eigenvalue weighted by molar-refractivity contribution is 5.60. The number of hydrogen-bond acceptors (Lipinski definition) is 0. The molecule has 15 heavy (non-hydrogen) atoms. The molecule has 0 aromatic carbocycles. The van der Waals surface area contributed by atoms with E-state index in [9.17, 15) is 0 Å². The topological polar surface area (TPSA) is 0 Å². The molecule has 0 heteroatoms. The van der Waals surface area contributed by atoms with Crippen LogP contribution in [0.4, 0.5) is 0 Å². The fourth-order valence-electron chi connectivity index (χ4n) is 6.36. The van der Waals surface area contributed by atoms with Gasteiger partial charge in [-0.2, -0.15) is 0 Å². The SMILES string of the molecule is CC1=C2C3=CC4CC3C1C1CC(C)C21C4. The van der Waals surface area contributed by atoms with E-state index in [1.165, 1.54) is 19.3 Å². The van der Waals surface area contributed by atoms with Crippen molar-refractivity contribution in [3.05, 3.63) is 22.8 Å². The smallest absolute Gasteiger partial charge is 0.00208 e. The van der Waals surface area contributed by atoms with Gasteiger partial charge in [-0.3, -0.25) is 0 Å². The third-order valence-corrected chi connectivity index (χ3v) is 6.64. The van der Waals surface area contributed by atoms with Crippen LogP contribution in [0.5, 0.6) is 0 Å². The van der Waals surface area contributed by atoms with E-state index in [2.05, 4.69) is 19.9 Å². The van der Waals surface area contributed by atoms with Crippen molar-refractivity contribution in [2.24, 2.45) is 35.0 Å². The first kappa shape index (κ1) is 7.70. The molecule has 0 N–H and O–H groups in total. The summed E-state index contributed by atoms with van der Waals surface area (Å²) in [5, 5.41) is 0. The van der Waals surface area contributed by atoms with Gasteiger partial charge in [-0.25, -0.2) is 0 Å². The lowest BCUT2D eigenvalue weighted by atomic mass is 9.45. The van der Waals surface area contributed by atoms with Gasteiger partial charge in [0.25, 0.3) is 0 Å². The first-order valence-corrected chi connectivity index (χ1v) is 6.67. The van der Waals surface area contributed by atoms with E-state index < -0.39 is 0 Å². The molecule has 6 unspecified atom stereocenters. The van der Waals surface area contributed by atoms with Gasteiger partial charge in [0.1, 0.15) is 0 Å². The molecule has 1 fully saturated rings. The maximum absolute atomic E-state index is 2.65. The summed E-state index contributed by atoms with van der Waals surface area (Å²) in [7, 11) is 0. The van der Waals surface area contributed by atoms with Crippen molar-refractivity contribution < 1.29 is 0 Å². The Morgan fingerprint density at radius 3 is 3.00 bits per heavy atom. The molecule has 78 valence electrons. The van der Waals surface area contributed by atoms with Gasteiger partial charge in [-0.05, 0) is 66.9 Å². The Bertz CT molecular complexity index is 453. The molecule has 0 radical (unpaired) electrons. The van der Waals surface area contributed by atoms with Gasteiger partial charge < -0.3 is 0 Å². The molecule has 6 atom stereocenters. The standard InChI is InChI=1S/C15H18/c1-7-3-12-13-8(2)14-11-5-9(4-10(11)13)6-15(7,12)14/h5,7,9-10,12-13H,3-4,6H2,1-2H3. The molecule has 5 aliphatic rings. The summed E-state index contributed by atoms with van der Waals surface area (Å²) in [6, 6.07) is 0. The fraction of sp³-hybridized carbons (Fsp3) is 0.733. The second-order valence-corrected chi connectivity index (χ2v) is 6.80. The zero-order valence-electron chi connectivity index (χ0n) is 9.59. The minimum absolute atomic E-state index is 0.705. The zero-order valence-corrected chi connectivity index (χ0v) is 9.59. The third-order valence-electron chi connectivity index (χ3n) is 6.64. The van der Waals surface area contributed by atoms with E-state index in [4.69, 9.17) is 0 Å². The molecule has 4 bridgehead atoms. The summed E-state index contributed by atoms with van der Waals surface area (Å²) in [4.78, 5) is 0. The van der Waals surface area contributed by atoms with Crippen molar-refractivity contribution in [3.8, 4) is 0 Å². The molecule has 0 amide bonds. The Morgan fingerprint density at radius 1 is 1.33 bits per heavy atom. The quantitative estimate of drug-likeness (QED) is 0.558. The fourth-order valence-corrected chi connectivity index (χ4v) is 6.36. The Labute approximate surface area is 91.4 Å². The van der Waals surface area contributed by atoms with Gasteiger partial charge in [0.15, 0.2) is 0 Å². The molecule has 0 heterocycles. The van der Waals surface area contributed by atoms with Crippen LogP contribution in [0.25, 0.3) is 0 Å². The first-order chi connectivity index (χ1) is 7.23. The number of fused-ring (bicyclic) bond motifs is 4. The summed E-state index contributed by atoms with van der Waals surface area (Å²) in [5.41, 5.74) is 6.24. The molecule has 5 aliphatic carbocycles. The molecule has 0 aromatic heterocycles. The van der Waals surface area contributed by atoms with Crippen LogP contribution < -0.4 is 0 Å². The van der Waals surface area contributed by atoms with Crippen LogP contribution in [0, 0.1) is 35.0 Å². The van der Waals surface area contributed by atoms with E-state index >= 15 is 0 Å². The highest BCUT2D eigenvalue weighted by atomic mass is 14.7. The maximum Gasteiger partial charge on any atom is 0.00208 e. The van der Waals surface area contributed by atoms with Crippen molar-refractivity contribution in [3.63, 3.8) is 0 Å². The average molecular weight is 198 g/mol. The van der Waals surface area contributed by atoms with E-state index in [1.54, 1.807) is 0 Å². The Hall–Kier alpha value is -0.520. The highest BCUT2D eigenvalue weighted by Gasteiger charge is 2.71.